The van der Waals surface area contributed by atoms with Crippen molar-refractivity contribution in [1.29, 1.82) is 0 Å². The van der Waals surface area contributed by atoms with Gasteiger partial charge in [-0.1, -0.05) is 13.0 Å². The van der Waals surface area contributed by atoms with E-state index in [9.17, 15) is 13.0 Å². The Labute approximate surface area is 180 Å². The average Bonchev–Trinajstić information content (AvgIpc) is 2.70. The van der Waals surface area contributed by atoms with Gasteiger partial charge in [0, 0.05) is 17.1 Å². The van der Waals surface area contributed by atoms with E-state index in [-0.39, 0.29) is 4.90 Å². The van der Waals surface area contributed by atoms with Crippen molar-refractivity contribution in [2.45, 2.75) is 18.2 Å². The monoisotopic (exact) mass is 465 g/mol. The summed E-state index contributed by atoms with van der Waals surface area (Å²) in [6, 6.07) is 14.9. The van der Waals surface area contributed by atoms with Gasteiger partial charge in [-0.05, 0) is 54.3 Å². The van der Waals surface area contributed by atoms with Crippen LogP contribution in [-0.2, 0) is 20.7 Å². The molecule has 0 aliphatic carbocycles. The number of anilines is 1. The second-order valence-electron chi connectivity index (χ2n) is 6.15. The molecule has 0 aliphatic rings. The third-order valence-corrected chi connectivity index (χ3v) is 4.69. The molecule has 0 atom stereocenters. The maximum absolute atomic E-state index is 11.8. The molecule has 3 N–H and O–H groups in total. The molecule has 0 unspecified atom stereocenters. The van der Waals surface area contributed by atoms with Gasteiger partial charge in [0.05, 0.1) is 18.0 Å². The molecule has 10 nitrogen and oxygen atoms in total. The van der Waals surface area contributed by atoms with Gasteiger partial charge in [0.25, 0.3) is 10.1 Å². The van der Waals surface area contributed by atoms with Gasteiger partial charge in [0.2, 0.25) is 0 Å². The summed E-state index contributed by atoms with van der Waals surface area (Å²) < 4.78 is 64.1. The quantitative estimate of drug-likeness (QED) is 0.314. The minimum atomic E-state index is -4.43. The SMILES string of the molecule is CCCOc1cc(S(=O)(=O)O)c2cc(N=Nc3ccc(N)cc3)ccc2c1.O=S(=O)=O. The van der Waals surface area contributed by atoms with Crippen molar-refractivity contribution < 1.29 is 30.3 Å². The van der Waals surface area contributed by atoms with Crippen LogP contribution in [0.4, 0.5) is 17.1 Å². The van der Waals surface area contributed by atoms with Gasteiger partial charge in [-0.3, -0.25) is 4.55 Å². The molecule has 12 heteroatoms. The predicted octanol–water partition coefficient (Wildman–Crippen LogP) is 3.87. The van der Waals surface area contributed by atoms with Gasteiger partial charge in [-0.2, -0.15) is 18.6 Å². The Hall–Kier alpha value is -3.35. The maximum atomic E-state index is 11.8. The molecule has 0 bridgehead atoms. The fourth-order valence-corrected chi connectivity index (χ4v) is 3.24. The number of nitrogen functional groups attached to an aromatic ring is 1. The summed E-state index contributed by atoms with van der Waals surface area (Å²) in [6.07, 6.45) is 0.781. The van der Waals surface area contributed by atoms with Gasteiger partial charge >= 0.3 is 10.6 Å². The van der Waals surface area contributed by atoms with Crippen LogP contribution in [0.25, 0.3) is 10.8 Å². The second-order valence-corrected chi connectivity index (χ2v) is 7.94. The summed E-state index contributed by atoms with van der Waals surface area (Å²) in [4.78, 5) is -0.226. The minimum absolute atomic E-state index is 0.226. The summed E-state index contributed by atoms with van der Waals surface area (Å²) in [7, 11) is -7.54. The molecule has 0 spiro atoms. The molecule has 3 aromatic rings. The molecular formula is C19H19N3O7S2. The van der Waals surface area contributed by atoms with Crippen LogP contribution in [0.3, 0.4) is 0 Å². The average molecular weight is 466 g/mol. The Bertz CT molecular complexity index is 1300. The molecule has 0 aliphatic heterocycles. The van der Waals surface area contributed by atoms with E-state index in [1.807, 2.05) is 6.92 Å². The highest BCUT2D eigenvalue weighted by molar-refractivity contribution is 7.86. The van der Waals surface area contributed by atoms with Crippen LogP contribution in [0.2, 0.25) is 0 Å². The van der Waals surface area contributed by atoms with Gasteiger partial charge in [-0.15, -0.1) is 12.6 Å². The first-order chi connectivity index (χ1) is 14.6. The van der Waals surface area contributed by atoms with E-state index in [1.165, 1.54) is 6.07 Å². The number of azo groups is 1. The molecule has 3 aromatic carbocycles. The van der Waals surface area contributed by atoms with E-state index in [4.69, 9.17) is 23.1 Å². The number of fused-ring (bicyclic) bond motifs is 1. The zero-order valence-corrected chi connectivity index (χ0v) is 17.9. The summed E-state index contributed by atoms with van der Waals surface area (Å²) in [5.74, 6) is 0.383. The van der Waals surface area contributed by atoms with Crippen molar-refractivity contribution in [2.24, 2.45) is 10.2 Å². The Morgan fingerprint density at radius 1 is 0.968 bits per heavy atom. The Morgan fingerprint density at radius 2 is 1.55 bits per heavy atom. The lowest BCUT2D eigenvalue weighted by Crippen LogP contribution is -2.02. The van der Waals surface area contributed by atoms with Crippen LogP contribution in [0, 0.1) is 0 Å². The van der Waals surface area contributed by atoms with Gasteiger partial charge in [0.15, 0.2) is 0 Å². The highest BCUT2D eigenvalue weighted by Crippen LogP contribution is 2.32. The van der Waals surface area contributed by atoms with Gasteiger partial charge < -0.3 is 10.5 Å². The molecule has 0 saturated carbocycles. The summed E-state index contributed by atoms with van der Waals surface area (Å²) in [5.41, 5.74) is 7.32. The Balaban J connectivity index is 0.000000785. The van der Waals surface area contributed by atoms with Crippen molar-refractivity contribution in [3.63, 3.8) is 0 Å². The molecule has 0 heterocycles. The first-order valence-corrected chi connectivity index (χ1v) is 11.3. The van der Waals surface area contributed by atoms with Crippen LogP contribution in [0.1, 0.15) is 13.3 Å². The molecule has 0 saturated heterocycles. The normalized spacial score (nSPS) is 11.2. The molecule has 0 amide bonds. The van der Waals surface area contributed by atoms with E-state index in [2.05, 4.69) is 10.2 Å². The number of nitrogens with zero attached hydrogens (tertiary/aromatic N) is 2. The molecular weight excluding hydrogens is 446 g/mol. The summed E-state index contributed by atoms with van der Waals surface area (Å²) >= 11 is 0. The number of hydrogen-bond acceptors (Lipinski definition) is 9. The molecule has 3 rings (SSSR count). The lowest BCUT2D eigenvalue weighted by atomic mass is 10.1. The van der Waals surface area contributed by atoms with Crippen molar-refractivity contribution in [2.75, 3.05) is 12.3 Å². The summed E-state index contributed by atoms with van der Waals surface area (Å²) in [6.45, 7) is 2.40. The van der Waals surface area contributed by atoms with E-state index < -0.39 is 20.7 Å². The number of benzene rings is 3. The summed E-state index contributed by atoms with van der Waals surface area (Å²) in [5, 5.41) is 9.19. The van der Waals surface area contributed by atoms with Crippen LogP contribution in [-0.4, -0.2) is 32.2 Å². The van der Waals surface area contributed by atoms with Crippen molar-refractivity contribution in [3.8, 4) is 5.75 Å². The van der Waals surface area contributed by atoms with E-state index in [0.29, 0.717) is 40.2 Å². The standard InChI is InChI=1S/C19H19N3O4S.O3S/c1-2-9-26-17-10-13-3-6-16(11-18(13)19(12-17)27(23,24)25)22-21-15-7-4-14(20)5-8-15;1-4(2)3/h3-8,10-12H,2,9,20H2,1H3,(H,23,24,25);. The van der Waals surface area contributed by atoms with E-state index >= 15 is 0 Å². The zero-order valence-electron chi connectivity index (χ0n) is 16.3. The lowest BCUT2D eigenvalue weighted by Gasteiger charge is -2.10. The molecule has 0 fully saturated rings. The van der Waals surface area contributed by atoms with Crippen molar-refractivity contribution in [1.82, 2.24) is 0 Å². The number of hydrogen-bond donors (Lipinski definition) is 2. The largest absolute Gasteiger partial charge is 0.494 e. The molecule has 0 aromatic heterocycles. The van der Waals surface area contributed by atoms with Crippen LogP contribution >= 0.6 is 0 Å². The number of ether oxygens (including phenoxy) is 1. The Morgan fingerprint density at radius 3 is 2.13 bits per heavy atom. The topological polar surface area (TPSA) is 166 Å². The fraction of sp³-hybridized carbons (Fsp3) is 0.158. The van der Waals surface area contributed by atoms with Gasteiger partial charge in [-0.25, -0.2) is 0 Å². The molecule has 31 heavy (non-hydrogen) atoms. The first-order valence-electron chi connectivity index (χ1n) is 8.82. The first kappa shape index (κ1) is 23.9. The second kappa shape index (κ2) is 10.6. The number of nitrogens with two attached hydrogens (primary N) is 1. The fourth-order valence-electron chi connectivity index (χ4n) is 2.52. The predicted molar refractivity (Wildman–Crippen MR) is 114 cm³/mol. The van der Waals surface area contributed by atoms with E-state index in [1.54, 1.807) is 48.5 Å². The van der Waals surface area contributed by atoms with Crippen molar-refractivity contribution in [3.05, 3.63) is 54.6 Å². The number of rotatable bonds is 6. The smallest absolute Gasteiger partial charge is 0.425 e. The third-order valence-electron chi connectivity index (χ3n) is 3.80. The van der Waals surface area contributed by atoms with Crippen molar-refractivity contribution >= 4 is 48.6 Å². The highest BCUT2D eigenvalue weighted by Gasteiger charge is 2.16. The van der Waals surface area contributed by atoms with E-state index in [0.717, 1.165) is 6.42 Å². The van der Waals surface area contributed by atoms with Gasteiger partial charge in [0.1, 0.15) is 10.6 Å². The molecule has 0 radical (unpaired) electrons. The maximum Gasteiger partial charge on any atom is 0.425 e. The third kappa shape index (κ3) is 7.44. The highest BCUT2D eigenvalue weighted by atomic mass is 32.2. The molecule has 164 valence electrons. The van der Waals surface area contributed by atoms with Crippen LogP contribution in [0.5, 0.6) is 5.75 Å². The minimum Gasteiger partial charge on any atom is -0.494 e. The van der Waals surface area contributed by atoms with Crippen LogP contribution < -0.4 is 10.5 Å². The Kier molecular flexibility index (Phi) is 8.19. The van der Waals surface area contributed by atoms with Crippen LogP contribution in [0.15, 0.2) is 69.7 Å². The zero-order chi connectivity index (χ0) is 23.0. The lowest BCUT2D eigenvalue weighted by molar-refractivity contribution is 0.317.